The molecule has 0 atom stereocenters. The maximum absolute atomic E-state index is 12.7. The van der Waals surface area contributed by atoms with Crippen LogP contribution in [0.15, 0.2) is 72.8 Å². The van der Waals surface area contributed by atoms with Crippen LogP contribution in [0.2, 0.25) is 10.0 Å². The highest BCUT2D eigenvalue weighted by Gasteiger charge is 2.18. The van der Waals surface area contributed by atoms with E-state index in [1.807, 2.05) is 24.3 Å². The fourth-order valence-electron chi connectivity index (χ4n) is 2.99. The molecule has 3 aromatic carbocycles. The number of carbonyl (C=O) groups is 2. The van der Waals surface area contributed by atoms with Crippen LogP contribution < -0.4 is 16.0 Å². The molecule has 0 aliphatic rings. The molecule has 5 nitrogen and oxygen atoms in total. The lowest BCUT2D eigenvalue weighted by Gasteiger charge is -2.11. The molecular weight excluding hydrogens is 485 g/mol. The monoisotopic (exact) mass is 499 g/mol. The second-order valence-electron chi connectivity index (χ2n) is 6.69. The SMILES string of the molecule is O=C(Nc1cccc(Cl)c1)c1cccc(NC(=S)NC(=O)c2sc3ccccc3c2Cl)c1. The molecule has 0 saturated carbocycles. The van der Waals surface area contributed by atoms with Gasteiger partial charge in [0.05, 0.1) is 5.02 Å². The molecule has 0 bridgehead atoms. The van der Waals surface area contributed by atoms with Crippen molar-refractivity contribution >= 4 is 85.1 Å². The molecule has 3 N–H and O–H groups in total. The van der Waals surface area contributed by atoms with Gasteiger partial charge in [0.2, 0.25) is 0 Å². The quantitative estimate of drug-likeness (QED) is 0.277. The van der Waals surface area contributed by atoms with Crippen molar-refractivity contribution in [3.05, 3.63) is 93.3 Å². The molecule has 0 radical (unpaired) electrons. The van der Waals surface area contributed by atoms with E-state index < -0.39 is 5.91 Å². The van der Waals surface area contributed by atoms with E-state index in [-0.39, 0.29) is 11.0 Å². The van der Waals surface area contributed by atoms with Gasteiger partial charge >= 0.3 is 0 Å². The Morgan fingerprint density at radius 1 is 0.812 bits per heavy atom. The number of hydrogen-bond donors (Lipinski definition) is 3. The summed E-state index contributed by atoms with van der Waals surface area (Å²) in [5.41, 5.74) is 1.55. The third-order valence-electron chi connectivity index (χ3n) is 4.43. The Morgan fingerprint density at radius 3 is 2.28 bits per heavy atom. The van der Waals surface area contributed by atoms with Crippen LogP contribution in [-0.4, -0.2) is 16.9 Å². The average molecular weight is 500 g/mol. The zero-order valence-corrected chi connectivity index (χ0v) is 19.5. The van der Waals surface area contributed by atoms with E-state index in [2.05, 4.69) is 16.0 Å². The van der Waals surface area contributed by atoms with E-state index in [0.717, 1.165) is 10.1 Å². The summed E-state index contributed by atoms with van der Waals surface area (Å²) in [6.07, 6.45) is 0. The minimum absolute atomic E-state index is 0.0934. The van der Waals surface area contributed by atoms with Crippen molar-refractivity contribution in [3.8, 4) is 0 Å². The van der Waals surface area contributed by atoms with E-state index in [1.54, 1.807) is 48.5 Å². The van der Waals surface area contributed by atoms with Gasteiger partial charge in [0, 0.05) is 32.0 Å². The van der Waals surface area contributed by atoms with E-state index in [0.29, 0.717) is 31.9 Å². The van der Waals surface area contributed by atoms with Crippen molar-refractivity contribution in [2.75, 3.05) is 10.6 Å². The Kier molecular flexibility index (Phi) is 6.72. The molecule has 0 unspecified atom stereocenters. The summed E-state index contributed by atoms with van der Waals surface area (Å²) in [5.74, 6) is -0.702. The lowest BCUT2D eigenvalue weighted by Crippen LogP contribution is -2.33. The zero-order chi connectivity index (χ0) is 22.7. The molecule has 9 heteroatoms. The molecule has 4 rings (SSSR count). The summed E-state index contributed by atoms with van der Waals surface area (Å²) in [6.45, 7) is 0. The fourth-order valence-corrected chi connectivity index (χ4v) is 4.80. The Hall–Kier alpha value is -2.97. The van der Waals surface area contributed by atoms with Crippen LogP contribution in [-0.2, 0) is 0 Å². The fraction of sp³-hybridized carbons (Fsp3) is 0. The number of nitrogens with one attached hydrogen (secondary N) is 3. The summed E-state index contributed by atoms with van der Waals surface area (Å²) in [4.78, 5) is 25.6. The number of hydrogen-bond acceptors (Lipinski definition) is 4. The van der Waals surface area contributed by atoms with Gasteiger partial charge in [-0.2, -0.15) is 0 Å². The third-order valence-corrected chi connectivity index (χ3v) is 6.55. The average Bonchev–Trinajstić information content (AvgIpc) is 3.11. The number of rotatable bonds is 4. The molecule has 32 heavy (non-hydrogen) atoms. The van der Waals surface area contributed by atoms with Crippen molar-refractivity contribution in [2.45, 2.75) is 0 Å². The first kappa shape index (κ1) is 22.2. The van der Waals surface area contributed by atoms with Gasteiger partial charge in [0.15, 0.2) is 5.11 Å². The van der Waals surface area contributed by atoms with Crippen LogP contribution in [0.25, 0.3) is 10.1 Å². The first-order valence-electron chi connectivity index (χ1n) is 9.37. The first-order valence-corrected chi connectivity index (χ1v) is 11.3. The highest BCUT2D eigenvalue weighted by atomic mass is 35.5. The maximum atomic E-state index is 12.7. The first-order chi connectivity index (χ1) is 15.4. The van der Waals surface area contributed by atoms with Gasteiger partial charge in [-0.25, -0.2) is 0 Å². The number of halogens is 2. The van der Waals surface area contributed by atoms with Gasteiger partial charge < -0.3 is 10.6 Å². The largest absolute Gasteiger partial charge is 0.332 e. The minimum atomic E-state index is -0.399. The number of anilines is 2. The van der Waals surface area contributed by atoms with Gasteiger partial charge in [0.25, 0.3) is 11.8 Å². The molecule has 0 spiro atoms. The van der Waals surface area contributed by atoms with Crippen LogP contribution in [0, 0.1) is 0 Å². The maximum Gasteiger partial charge on any atom is 0.269 e. The van der Waals surface area contributed by atoms with Gasteiger partial charge in [0.1, 0.15) is 4.88 Å². The zero-order valence-electron chi connectivity index (χ0n) is 16.3. The van der Waals surface area contributed by atoms with Crippen molar-refractivity contribution in [3.63, 3.8) is 0 Å². The lowest BCUT2D eigenvalue weighted by molar-refractivity contribution is 0.0980. The van der Waals surface area contributed by atoms with Gasteiger partial charge in [-0.3, -0.25) is 14.9 Å². The van der Waals surface area contributed by atoms with Crippen molar-refractivity contribution in [1.82, 2.24) is 5.32 Å². The number of benzene rings is 3. The molecule has 2 amide bonds. The molecule has 4 aromatic rings. The van der Waals surface area contributed by atoms with Crippen molar-refractivity contribution < 1.29 is 9.59 Å². The summed E-state index contributed by atoms with van der Waals surface area (Å²) in [6, 6.07) is 21.1. The van der Waals surface area contributed by atoms with Gasteiger partial charge in [-0.15, -0.1) is 11.3 Å². The lowest BCUT2D eigenvalue weighted by atomic mass is 10.2. The van der Waals surface area contributed by atoms with Gasteiger partial charge in [-0.1, -0.05) is 53.5 Å². The van der Waals surface area contributed by atoms with Gasteiger partial charge in [-0.05, 0) is 54.7 Å². The predicted octanol–water partition coefficient (Wildman–Crippen LogP) is 6.59. The molecule has 0 fully saturated rings. The number of fused-ring (bicyclic) bond motifs is 1. The second-order valence-corrected chi connectivity index (χ2v) is 8.97. The summed E-state index contributed by atoms with van der Waals surface area (Å²) in [7, 11) is 0. The third kappa shape index (κ3) is 5.08. The molecule has 1 aromatic heterocycles. The number of amides is 2. The number of thiocarbonyl (C=S) groups is 1. The Bertz CT molecular complexity index is 1350. The minimum Gasteiger partial charge on any atom is -0.332 e. The number of carbonyl (C=O) groups excluding carboxylic acids is 2. The standard InChI is InChI=1S/C23H15Cl2N3O2S2/c24-14-6-4-8-16(12-14)26-21(29)13-5-3-7-15(11-13)27-23(31)28-22(30)20-19(25)17-9-1-2-10-18(17)32-20/h1-12H,(H,26,29)(H2,27,28,30,31). The highest BCUT2D eigenvalue weighted by molar-refractivity contribution is 7.80. The summed E-state index contributed by atoms with van der Waals surface area (Å²) < 4.78 is 0.917. The van der Waals surface area contributed by atoms with Crippen molar-refractivity contribution in [1.29, 1.82) is 0 Å². The Morgan fingerprint density at radius 2 is 1.53 bits per heavy atom. The molecular formula is C23H15Cl2N3O2S2. The molecule has 0 aliphatic heterocycles. The van der Waals surface area contributed by atoms with Crippen LogP contribution in [0.3, 0.4) is 0 Å². The predicted molar refractivity (Wildman–Crippen MR) is 136 cm³/mol. The molecule has 0 saturated heterocycles. The molecule has 160 valence electrons. The van der Waals surface area contributed by atoms with Crippen LogP contribution in [0.4, 0.5) is 11.4 Å². The normalized spacial score (nSPS) is 10.6. The van der Waals surface area contributed by atoms with Crippen LogP contribution in [0.1, 0.15) is 20.0 Å². The number of thiophene rings is 1. The topological polar surface area (TPSA) is 70.2 Å². The highest BCUT2D eigenvalue weighted by Crippen LogP contribution is 2.35. The summed E-state index contributed by atoms with van der Waals surface area (Å²) in [5, 5.41) is 10.2. The van der Waals surface area contributed by atoms with E-state index in [4.69, 9.17) is 35.4 Å². The molecule has 1 heterocycles. The molecule has 0 aliphatic carbocycles. The van der Waals surface area contributed by atoms with E-state index in [9.17, 15) is 9.59 Å². The Labute approximate surface area is 203 Å². The summed E-state index contributed by atoms with van der Waals surface area (Å²) >= 11 is 18.9. The smallest absolute Gasteiger partial charge is 0.269 e. The van der Waals surface area contributed by atoms with E-state index >= 15 is 0 Å². The van der Waals surface area contributed by atoms with Crippen LogP contribution in [0.5, 0.6) is 0 Å². The van der Waals surface area contributed by atoms with Crippen molar-refractivity contribution in [2.24, 2.45) is 0 Å². The Balaban J connectivity index is 1.42. The van der Waals surface area contributed by atoms with Crippen LogP contribution >= 0.6 is 46.8 Å². The second kappa shape index (κ2) is 9.67. The van der Waals surface area contributed by atoms with E-state index in [1.165, 1.54) is 11.3 Å².